The maximum Gasteiger partial charge on any atom is 0 e. The van der Waals surface area contributed by atoms with Crippen LogP contribution in [0.2, 0.25) is 0 Å². The van der Waals surface area contributed by atoms with Gasteiger partial charge in [0.05, 0.1) is 0 Å². The fraction of sp³-hybridized carbons (Fsp3) is 0.500. The maximum atomic E-state index is 3.96. The molecule has 0 aliphatic rings. The van der Waals surface area contributed by atoms with Crippen molar-refractivity contribution in [3.05, 3.63) is 81.9 Å². The third kappa shape index (κ3) is 6.84. The summed E-state index contributed by atoms with van der Waals surface area (Å²) < 4.78 is 0. The van der Waals surface area contributed by atoms with Crippen LogP contribution in [0.15, 0.2) is 42.5 Å². The average molecular weight is 556 g/mol. The van der Waals surface area contributed by atoms with Crippen molar-refractivity contribution in [1.82, 2.24) is 0 Å². The predicted molar refractivity (Wildman–Crippen MR) is 171 cm³/mol. The van der Waals surface area contributed by atoms with E-state index < -0.39 is 0 Å². The number of rotatable bonds is 8. The molecule has 0 aromatic heterocycles. The Bertz CT molecular complexity index is 1050. The van der Waals surface area contributed by atoms with Gasteiger partial charge in [-0.15, -0.1) is 0 Å². The van der Waals surface area contributed by atoms with Crippen molar-refractivity contribution in [2.45, 2.75) is 119 Å². The van der Waals surface area contributed by atoms with E-state index in [4.69, 9.17) is 0 Å². The topological polar surface area (TPSA) is 0 Å². The third-order valence-corrected chi connectivity index (χ3v) is 7.60. The van der Waals surface area contributed by atoms with Crippen molar-refractivity contribution < 1.29 is 2.85 Å². The summed E-state index contributed by atoms with van der Waals surface area (Å²) in [4.78, 5) is 0. The smallest absolute Gasteiger partial charge is 0 e. The molecule has 0 spiro atoms. The van der Waals surface area contributed by atoms with Gasteiger partial charge in [-0.05, 0) is 97.2 Å². The first-order chi connectivity index (χ1) is 16.8. The molecule has 3 rings (SSSR count). The SMILES string of the molecule is CC(C)c1cc(C(C)C)c(-c2[c]c(-c3c(C(C)C)cc(C(C)C)cc3C(C)C)ccc2)c(C(C)C)c1.[Ga].[HH].[HH]. The molecule has 0 fully saturated rings. The predicted octanol–water partition coefficient (Wildman–Crippen LogP) is 11.7. The Morgan fingerprint density at radius 3 is 0.946 bits per heavy atom. The van der Waals surface area contributed by atoms with Crippen LogP contribution in [-0.2, 0) is 0 Å². The Morgan fingerprint density at radius 2 is 0.730 bits per heavy atom. The number of hydrogen-bond acceptors (Lipinski definition) is 0. The zero-order valence-corrected chi connectivity index (χ0v) is 28.0. The summed E-state index contributed by atoms with van der Waals surface area (Å²) in [6.07, 6.45) is 0. The largest absolute Gasteiger partial charge is 0.0610 e. The Morgan fingerprint density at radius 1 is 0.459 bits per heavy atom. The zero-order valence-electron chi connectivity index (χ0n) is 25.6. The summed E-state index contributed by atoms with van der Waals surface area (Å²) in [5, 5.41) is 0. The quantitative estimate of drug-likeness (QED) is 0.243. The molecule has 4 radical (unpaired) electrons. The van der Waals surface area contributed by atoms with Gasteiger partial charge in [0, 0.05) is 22.6 Å². The van der Waals surface area contributed by atoms with Gasteiger partial charge in [0.15, 0.2) is 0 Å². The van der Waals surface area contributed by atoms with Gasteiger partial charge in [-0.3, -0.25) is 0 Å². The van der Waals surface area contributed by atoms with Crippen molar-refractivity contribution >= 4 is 19.8 Å². The number of benzene rings is 3. The van der Waals surface area contributed by atoms with E-state index in [1.165, 1.54) is 55.6 Å². The van der Waals surface area contributed by atoms with Gasteiger partial charge in [0.25, 0.3) is 0 Å². The van der Waals surface area contributed by atoms with E-state index in [2.05, 4.69) is 132 Å². The second-order valence-corrected chi connectivity index (χ2v) is 12.6. The van der Waals surface area contributed by atoms with Crippen molar-refractivity contribution in [1.29, 1.82) is 0 Å². The summed E-state index contributed by atoms with van der Waals surface area (Å²) in [5.41, 5.74) is 13.9. The summed E-state index contributed by atoms with van der Waals surface area (Å²) in [7, 11) is 0. The molecular weight excluding hydrogens is 502 g/mol. The van der Waals surface area contributed by atoms with Crippen LogP contribution in [0.5, 0.6) is 0 Å². The molecule has 3 aromatic rings. The molecule has 0 saturated carbocycles. The summed E-state index contributed by atoms with van der Waals surface area (Å²) in [6.45, 7) is 27.8. The normalized spacial score (nSPS) is 11.9. The number of hydrogen-bond donors (Lipinski definition) is 0. The van der Waals surface area contributed by atoms with Gasteiger partial charge in [-0.1, -0.05) is 126 Å². The molecule has 0 N–H and O–H groups in total. The second-order valence-electron chi connectivity index (χ2n) is 12.6. The fourth-order valence-corrected chi connectivity index (χ4v) is 5.29. The Kier molecular flexibility index (Phi) is 11.0. The summed E-state index contributed by atoms with van der Waals surface area (Å²) in [5.74, 6) is 2.86. The van der Waals surface area contributed by atoms with Crippen LogP contribution < -0.4 is 0 Å². The summed E-state index contributed by atoms with van der Waals surface area (Å²) >= 11 is 0. The molecule has 0 saturated heterocycles. The van der Waals surface area contributed by atoms with Gasteiger partial charge >= 0.3 is 0 Å². The second kappa shape index (κ2) is 12.9. The van der Waals surface area contributed by atoms with Gasteiger partial charge < -0.3 is 0 Å². The molecule has 37 heavy (non-hydrogen) atoms. The molecule has 0 aliphatic carbocycles. The standard InChI is InChI=1S/C36H49.Ga.2H2/c1-21(2)29-17-31(23(5)6)35(32(18-29)24(7)8)27-14-13-15-28(16-27)36-33(25(9)10)19-30(22(3)4)20-34(36)26(11)12;;;/h13-15,17-26H,1-12H3;;2*1H. The van der Waals surface area contributed by atoms with E-state index in [0.29, 0.717) is 35.5 Å². The minimum Gasteiger partial charge on any atom is -0.0610 e. The molecule has 1 heteroatoms. The zero-order chi connectivity index (χ0) is 26.9. The average Bonchev–Trinajstić information content (AvgIpc) is 2.81. The monoisotopic (exact) mass is 554 g/mol. The van der Waals surface area contributed by atoms with E-state index in [-0.39, 0.29) is 22.6 Å². The summed E-state index contributed by atoms with van der Waals surface area (Å²) in [6, 6.07) is 20.6. The van der Waals surface area contributed by atoms with Gasteiger partial charge in [-0.2, -0.15) is 0 Å². The Balaban J connectivity index is 0.00000481. The molecule has 0 heterocycles. The fourth-order valence-electron chi connectivity index (χ4n) is 5.29. The molecule has 0 bridgehead atoms. The molecule has 0 amide bonds. The van der Waals surface area contributed by atoms with Crippen LogP contribution in [0.1, 0.15) is 155 Å². The molecule has 0 aliphatic heterocycles. The van der Waals surface area contributed by atoms with Gasteiger partial charge in [0.2, 0.25) is 0 Å². The van der Waals surface area contributed by atoms with Crippen molar-refractivity contribution in [3.63, 3.8) is 0 Å². The van der Waals surface area contributed by atoms with Crippen LogP contribution in [0, 0.1) is 6.07 Å². The first kappa shape index (κ1) is 31.5. The van der Waals surface area contributed by atoms with Crippen LogP contribution >= 0.6 is 0 Å². The van der Waals surface area contributed by atoms with Gasteiger partial charge in [-0.25, -0.2) is 0 Å². The molecule has 0 unspecified atom stereocenters. The molecular formula is C36H53Ga. The van der Waals surface area contributed by atoms with Crippen LogP contribution in [0.3, 0.4) is 0 Å². The minimum atomic E-state index is 0. The maximum absolute atomic E-state index is 3.96. The molecule has 0 atom stereocenters. The van der Waals surface area contributed by atoms with Crippen LogP contribution in [0.4, 0.5) is 0 Å². The molecule has 0 nitrogen and oxygen atoms in total. The van der Waals surface area contributed by atoms with Crippen molar-refractivity contribution in [3.8, 4) is 22.3 Å². The van der Waals surface area contributed by atoms with Crippen LogP contribution in [0.25, 0.3) is 22.3 Å². The van der Waals surface area contributed by atoms with Crippen LogP contribution in [-0.4, -0.2) is 19.8 Å². The van der Waals surface area contributed by atoms with E-state index in [1.807, 2.05) is 0 Å². The van der Waals surface area contributed by atoms with E-state index in [1.54, 1.807) is 0 Å². The van der Waals surface area contributed by atoms with Crippen molar-refractivity contribution in [2.75, 3.05) is 0 Å². The first-order valence-electron chi connectivity index (χ1n) is 14.2. The van der Waals surface area contributed by atoms with E-state index in [0.717, 1.165) is 0 Å². The Labute approximate surface area is 244 Å². The Hall–Kier alpha value is -1.70. The molecule has 200 valence electrons. The van der Waals surface area contributed by atoms with E-state index in [9.17, 15) is 0 Å². The third-order valence-electron chi connectivity index (χ3n) is 7.60. The van der Waals surface area contributed by atoms with Crippen molar-refractivity contribution in [2.24, 2.45) is 0 Å². The van der Waals surface area contributed by atoms with E-state index >= 15 is 0 Å². The minimum absolute atomic E-state index is 0. The van der Waals surface area contributed by atoms with Gasteiger partial charge in [0.1, 0.15) is 0 Å². The first-order valence-corrected chi connectivity index (χ1v) is 14.2. The molecule has 3 aromatic carbocycles.